The first-order chi connectivity index (χ1) is 29.4. The van der Waals surface area contributed by atoms with E-state index in [1.807, 2.05) is 18.2 Å². The number of carbonyl (C=O) groups is 2. The van der Waals surface area contributed by atoms with Gasteiger partial charge in [0.25, 0.3) is 0 Å². The third kappa shape index (κ3) is 29.3. The van der Waals surface area contributed by atoms with Crippen LogP contribution in [0.25, 0.3) is 0 Å². The molecule has 0 amide bonds. The number of aliphatic hydroxyl groups is 5. The maximum absolute atomic E-state index is 12.8. The molecule has 1 saturated carbocycles. The first-order valence-electron chi connectivity index (χ1n) is 22.8. The number of esters is 2. The molecule has 6 unspecified atom stereocenters. The third-order valence-corrected chi connectivity index (χ3v) is 11.1. The van der Waals surface area contributed by atoms with E-state index < -0.39 is 75.7 Å². The van der Waals surface area contributed by atoms with Crippen LogP contribution in [0, 0.1) is 0 Å². The molecule has 350 valence electrons. The summed E-state index contributed by atoms with van der Waals surface area (Å²) < 4.78 is 33.2. The largest absolute Gasteiger partial charge is 0.472 e. The Balaban J connectivity index is 2.57. The van der Waals surface area contributed by atoms with E-state index in [0.717, 1.165) is 51.0 Å². The average Bonchev–Trinajstić information content (AvgIpc) is 3.24. The smallest absolute Gasteiger partial charge is 0.462 e. The average molecular weight is 883 g/mol. The normalized spacial score (nSPS) is 22.7. The van der Waals surface area contributed by atoms with Gasteiger partial charge in [-0.05, 0) is 57.8 Å². The zero-order chi connectivity index (χ0) is 45.0. The topological polar surface area (TPSA) is 210 Å². The monoisotopic (exact) mass is 883 g/mol. The summed E-state index contributed by atoms with van der Waals surface area (Å²) in [5.74, 6) is -1.42. The van der Waals surface area contributed by atoms with Gasteiger partial charge in [-0.15, -0.1) is 0 Å². The van der Waals surface area contributed by atoms with Crippen LogP contribution in [0.1, 0.15) is 155 Å². The van der Waals surface area contributed by atoms with Crippen LogP contribution < -0.4 is 0 Å². The molecule has 1 fully saturated rings. The van der Waals surface area contributed by atoms with Gasteiger partial charge in [0.1, 0.15) is 43.2 Å². The first kappa shape index (κ1) is 56.3. The fourth-order valence-corrected chi connectivity index (χ4v) is 7.39. The summed E-state index contributed by atoms with van der Waals surface area (Å²) >= 11 is 0. The summed E-state index contributed by atoms with van der Waals surface area (Å²) in [6.45, 7) is 3.11. The lowest BCUT2D eigenvalue weighted by molar-refractivity contribution is -0.220. The third-order valence-electron chi connectivity index (χ3n) is 10.1. The van der Waals surface area contributed by atoms with E-state index in [0.29, 0.717) is 12.8 Å². The molecule has 0 radical (unpaired) electrons. The van der Waals surface area contributed by atoms with Gasteiger partial charge < -0.3 is 39.9 Å². The van der Waals surface area contributed by atoms with Crippen molar-refractivity contribution in [1.82, 2.24) is 0 Å². The quantitative estimate of drug-likeness (QED) is 0.00870. The molecular weight excluding hydrogens is 803 g/mol. The van der Waals surface area contributed by atoms with E-state index in [-0.39, 0.29) is 6.42 Å². The highest BCUT2D eigenvalue weighted by Crippen LogP contribution is 2.47. The van der Waals surface area contributed by atoms with Gasteiger partial charge in [-0.3, -0.25) is 13.8 Å². The first-order valence-corrected chi connectivity index (χ1v) is 24.3. The van der Waals surface area contributed by atoms with Crippen molar-refractivity contribution in [3.05, 3.63) is 72.9 Å². The Morgan fingerprint density at radius 3 is 1.56 bits per heavy atom. The summed E-state index contributed by atoms with van der Waals surface area (Å²) in [5.41, 5.74) is 0. The number of phosphoric ester groups is 1. The fraction of sp³-hybridized carbons (Fsp3) is 0.702. The van der Waals surface area contributed by atoms with Crippen molar-refractivity contribution in [2.75, 3.05) is 13.2 Å². The number of phosphoric acid groups is 1. The zero-order valence-electron chi connectivity index (χ0n) is 36.9. The maximum Gasteiger partial charge on any atom is 0.472 e. The van der Waals surface area contributed by atoms with Crippen LogP contribution in [-0.4, -0.2) is 98.3 Å². The van der Waals surface area contributed by atoms with E-state index >= 15 is 0 Å². The highest BCUT2D eigenvalue weighted by Gasteiger charge is 2.51. The molecule has 0 aromatic carbocycles. The van der Waals surface area contributed by atoms with Gasteiger partial charge >= 0.3 is 19.8 Å². The number of carbonyl (C=O) groups excluding carboxylic acids is 2. The van der Waals surface area contributed by atoms with E-state index in [9.17, 15) is 44.6 Å². The molecule has 0 aliphatic heterocycles. The molecule has 0 saturated heterocycles. The molecule has 14 heteroatoms. The van der Waals surface area contributed by atoms with Crippen molar-refractivity contribution in [3.63, 3.8) is 0 Å². The van der Waals surface area contributed by atoms with Crippen LogP contribution in [0.2, 0.25) is 0 Å². The van der Waals surface area contributed by atoms with Crippen LogP contribution >= 0.6 is 7.82 Å². The van der Waals surface area contributed by atoms with Gasteiger partial charge in [0.15, 0.2) is 6.10 Å². The molecule has 1 aliphatic rings. The van der Waals surface area contributed by atoms with E-state index in [2.05, 4.69) is 50.3 Å². The fourth-order valence-electron chi connectivity index (χ4n) is 6.42. The minimum absolute atomic E-state index is 0.0684. The highest BCUT2D eigenvalue weighted by atomic mass is 31.2. The minimum atomic E-state index is -5.16. The van der Waals surface area contributed by atoms with Crippen LogP contribution in [0.5, 0.6) is 0 Å². The van der Waals surface area contributed by atoms with Gasteiger partial charge in [-0.1, -0.05) is 158 Å². The molecule has 0 bridgehead atoms. The second-order valence-electron chi connectivity index (χ2n) is 15.6. The Morgan fingerprint density at radius 1 is 0.557 bits per heavy atom. The predicted molar refractivity (Wildman–Crippen MR) is 239 cm³/mol. The van der Waals surface area contributed by atoms with E-state index in [1.165, 1.54) is 83.1 Å². The van der Waals surface area contributed by atoms with Crippen LogP contribution in [-0.2, 0) is 32.7 Å². The zero-order valence-corrected chi connectivity index (χ0v) is 37.8. The number of hydrogen-bond donors (Lipinski definition) is 6. The molecule has 6 N–H and O–H groups in total. The summed E-state index contributed by atoms with van der Waals surface area (Å²) in [4.78, 5) is 35.5. The molecule has 13 nitrogen and oxygen atoms in total. The number of allylic oxidation sites excluding steroid dienone is 11. The number of aliphatic hydroxyl groups excluding tert-OH is 5. The minimum Gasteiger partial charge on any atom is -0.462 e. The number of ether oxygens (including phenoxy) is 2. The van der Waals surface area contributed by atoms with E-state index in [4.69, 9.17) is 18.5 Å². The van der Waals surface area contributed by atoms with Crippen molar-refractivity contribution in [3.8, 4) is 0 Å². The lowest BCUT2D eigenvalue weighted by Gasteiger charge is -2.41. The Morgan fingerprint density at radius 2 is 1.00 bits per heavy atom. The maximum atomic E-state index is 12.8. The Labute approximate surface area is 365 Å². The standard InChI is InChI=1S/C47H79O13P/c1-3-5-7-9-11-13-15-17-19-20-22-23-25-27-29-31-33-35-40(48)57-37-39(38-58-61(55,56)60-47-45(53)43(51)42(50)44(52)46(47)54)59-41(49)36-34-32-30-28-26-24-21-18-16-14-12-10-8-6-4-2/h11,13,17,19,22-23,27,29-30,32,34,36,39,42-47,50-54H,3-10,12,14-16,18,20-21,24-26,28,31,33,35,37-38H2,1-2H3,(H,55,56)/b13-11+,19-17+,23-22+,29-27+,32-30+,36-34+/t39-,42?,43-,44?,45?,46?,47?/m0/s1. The number of rotatable bonds is 36. The Kier molecular flexibility index (Phi) is 33.9. The SMILES string of the molecule is CCCCC/C=C/C/C=C/C/C=C/C/C=C/CCCC(=O)OC[C@@H](COP(=O)(O)OC1C(O)C(O)C(O)[C@H](O)C1O)OC(=O)/C=C/C=C/CCCCCCCCCCCCC. The molecule has 1 rings (SSSR count). The van der Waals surface area contributed by atoms with Crippen molar-refractivity contribution >= 4 is 19.8 Å². The number of hydrogen-bond acceptors (Lipinski definition) is 12. The summed E-state index contributed by atoms with van der Waals surface area (Å²) in [7, 11) is -5.16. The van der Waals surface area contributed by atoms with Gasteiger partial charge in [-0.2, -0.15) is 0 Å². The van der Waals surface area contributed by atoms with Crippen molar-refractivity contribution in [2.45, 2.75) is 198 Å². The van der Waals surface area contributed by atoms with Crippen LogP contribution in [0.3, 0.4) is 0 Å². The lowest BCUT2D eigenvalue weighted by atomic mass is 9.85. The molecular formula is C47H79O13P. The molecule has 8 atom stereocenters. The summed E-state index contributed by atoms with van der Waals surface area (Å²) in [6.07, 6.45) is 33.1. The van der Waals surface area contributed by atoms with Crippen molar-refractivity contribution < 1.29 is 63.1 Å². The second kappa shape index (κ2) is 36.7. The van der Waals surface area contributed by atoms with E-state index in [1.54, 1.807) is 6.08 Å². The predicted octanol–water partition coefficient (Wildman–Crippen LogP) is 8.72. The van der Waals surface area contributed by atoms with Crippen molar-refractivity contribution in [1.29, 1.82) is 0 Å². The molecule has 1 aliphatic carbocycles. The molecule has 0 aromatic heterocycles. The van der Waals surface area contributed by atoms with Gasteiger partial charge in [-0.25, -0.2) is 9.36 Å². The highest BCUT2D eigenvalue weighted by molar-refractivity contribution is 7.47. The summed E-state index contributed by atoms with van der Waals surface area (Å²) in [5, 5.41) is 50.1. The van der Waals surface area contributed by atoms with Crippen LogP contribution in [0.4, 0.5) is 0 Å². The van der Waals surface area contributed by atoms with Crippen molar-refractivity contribution in [2.24, 2.45) is 0 Å². The number of unbranched alkanes of at least 4 members (excludes halogenated alkanes) is 15. The molecule has 0 aromatic rings. The lowest BCUT2D eigenvalue weighted by Crippen LogP contribution is -2.64. The van der Waals surface area contributed by atoms with Gasteiger partial charge in [0.2, 0.25) is 0 Å². The molecule has 0 heterocycles. The van der Waals surface area contributed by atoms with Gasteiger partial charge in [0, 0.05) is 12.5 Å². The van der Waals surface area contributed by atoms with Gasteiger partial charge in [0.05, 0.1) is 6.61 Å². The summed E-state index contributed by atoms with van der Waals surface area (Å²) in [6, 6.07) is 0. The van der Waals surface area contributed by atoms with Crippen LogP contribution in [0.15, 0.2) is 72.9 Å². The second-order valence-corrected chi connectivity index (χ2v) is 17.0. The molecule has 61 heavy (non-hydrogen) atoms. The Hall–Kier alpha value is -2.71. The Bertz CT molecular complexity index is 1340. The molecule has 0 spiro atoms.